The molecule has 1 aromatic heterocycles. The van der Waals surface area contributed by atoms with Gasteiger partial charge in [-0.05, 0) is 36.8 Å². The van der Waals surface area contributed by atoms with Crippen molar-refractivity contribution in [3.8, 4) is 5.75 Å². The van der Waals surface area contributed by atoms with Crippen molar-refractivity contribution in [3.05, 3.63) is 42.2 Å². The Hall–Kier alpha value is -2.93. The van der Waals surface area contributed by atoms with Gasteiger partial charge in [-0.1, -0.05) is 0 Å². The Morgan fingerprint density at radius 2 is 2.39 bits per heavy atom. The molecule has 0 aliphatic carbocycles. The van der Waals surface area contributed by atoms with Gasteiger partial charge in [0, 0.05) is 62.0 Å². The lowest BCUT2D eigenvalue weighted by Crippen LogP contribution is -2.25. The first-order valence-corrected chi connectivity index (χ1v) is 9.41. The lowest BCUT2D eigenvalue weighted by molar-refractivity contribution is -0.119. The number of aromatic nitrogens is 1. The second kappa shape index (κ2) is 9.32. The van der Waals surface area contributed by atoms with Crippen molar-refractivity contribution in [2.24, 2.45) is 10.9 Å². The number of hydrogen-bond donors (Lipinski definition) is 3. The number of rotatable bonds is 8. The number of allylic oxidation sites excluding steroid dienone is 1. The smallest absolute Gasteiger partial charge is 0.220 e. The first-order valence-electron chi connectivity index (χ1n) is 9.41. The van der Waals surface area contributed by atoms with E-state index in [1.54, 1.807) is 19.5 Å². The topological polar surface area (TPSA) is 95.8 Å². The average Bonchev–Trinajstić information content (AvgIpc) is 3.14. The number of hydrogen-bond acceptors (Lipinski definition) is 6. The highest BCUT2D eigenvalue weighted by molar-refractivity contribution is 6.11. The van der Waals surface area contributed by atoms with Crippen LogP contribution in [0.15, 0.2) is 41.7 Å². The molecule has 7 nitrogen and oxygen atoms in total. The summed E-state index contributed by atoms with van der Waals surface area (Å²) in [6.07, 6.45) is 5.69. The van der Waals surface area contributed by atoms with Crippen molar-refractivity contribution in [1.29, 1.82) is 0 Å². The average molecular weight is 382 g/mol. The molecule has 2 atom stereocenters. The molecule has 0 spiro atoms. The molecule has 1 aliphatic rings. The predicted molar refractivity (Wildman–Crippen MR) is 110 cm³/mol. The van der Waals surface area contributed by atoms with Gasteiger partial charge in [-0.25, -0.2) is 0 Å². The summed E-state index contributed by atoms with van der Waals surface area (Å²) in [7, 11) is 1.71. The SMILES string of the molecule is CN=C/C(=C\NCCO)c1cc(O[C@H](C)[C@H]2CNC(=O)C2)c2cccnc2c1. The van der Waals surface area contributed by atoms with Crippen LogP contribution in [0.3, 0.4) is 0 Å². The number of nitrogens with one attached hydrogen (secondary N) is 2. The molecule has 0 unspecified atom stereocenters. The summed E-state index contributed by atoms with van der Waals surface area (Å²) in [5, 5.41) is 15.9. The number of ether oxygens (including phenoxy) is 1. The van der Waals surface area contributed by atoms with Crippen LogP contribution in [0.2, 0.25) is 0 Å². The number of nitrogens with zero attached hydrogens (tertiary/aromatic N) is 2. The second-order valence-electron chi connectivity index (χ2n) is 6.80. The van der Waals surface area contributed by atoms with Gasteiger partial charge in [-0.15, -0.1) is 0 Å². The molecule has 0 bridgehead atoms. The summed E-state index contributed by atoms with van der Waals surface area (Å²) in [6.45, 7) is 3.13. The second-order valence-corrected chi connectivity index (χ2v) is 6.80. The first-order chi connectivity index (χ1) is 13.6. The van der Waals surface area contributed by atoms with Gasteiger partial charge in [-0.3, -0.25) is 14.8 Å². The van der Waals surface area contributed by atoms with Crippen LogP contribution in [0.25, 0.3) is 16.5 Å². The van der Waals surface area contributed by atoms with E-state index in [0.29, 0.717) is 19.5 Å². The minimum absolute atomic E-state index is 0.0480. The number of pyridine rings is 1. The van der Waals surface area contributed by atoms with Crippen LogP contribution < -0.4 is 15.4 Å². The maximum atomic E-state index is 11.5. The Bertz CT molecular complexity index is 894. The van der Waals surface area contributed by atoms with Crippen LogP contribution in [0.1, 0.15) is 18.9 Å². The summed E-state index contributed by atoms with van der Waals surface area (Å²) >= 11 is 0. The third-order valence-corrected chi connectivity index (χ3v) is 4.78. The number of amides is 1. The molecule has 2 aromatic rings. The molecule has 7 heteroatoms. The summed E-state index contributed by atoms with van der Waals surface area (Å²) in [5.41, 5.74) is 2.59. The van der Waals surface area contributed by atoms with Gasteiger partial charge in [0.2, 0.25) is 5.91 Å². The molecule has 1 aromatic carbocycles. The van der Waals surface area contributed by atoms with Crippen molar-refractivity contribution in [1.82, 2.24) is 15.6 Å². The number of carbonyl (C=O) groups is 1. The minimum Gasteiger partial charge on any atom is -0.490 e. The van der Waals surface area contributed by atoms with Crippen LogP contribution in [0.4, 0.5) is 0 Å². The Morgan fingerprint density at radius 1 is 1.54 bits per heavy atom. The van der Waals surface area contributed by atoms with Crippen molar-refractivity contribution >= 4 is 28.6 Å². The molecular weight excluding hydrogens is 356 g/mol. The minimum atomic E-state index is -0.114. The van der Waals surface area contributed by atoms with E-state index in [1.807, 2.05) is 37.4 Å². The van der Waals surface area contributed by atoms with Gasteiger partial charge >= 0.3 is 0 Å². The summed E-state index contributed by atoms with van der Waals surface area (Å²) in [6, 6.07) is 7.82. The number of fused-ring (bicyclic) bond motifs is 1. The normalized spacial score (nSPS) is 18.5. The zero-order valence-electron chi connectivity index (χ0n) is 16.2. The zero-order valence-corrected chi connectivity index (χ0v) is 16.2. The fourth-order valence-corrected chi connectivity index (χ4v) is 3.25. The number of benzene rings is 1. The molecule has 0 radical (unpaired) electrons. The van der Waals surface area contributed by atoms with Gasteiger partial charge in [-0.2, -0.15) is 0 Å². The number of carbonyl (C=O) groups excluding carboxylic acids is 1. The van der Waals surface area contributed by atoms with E-state index in [-0.39, 0.29) is 24.5 Å². The van der Waals surface area contributed by atoms with E-state index in [0.717, 1.165) is 27.8 Å². The highest BCUT2D eigenvalue weighted by Crippen LogP contribution is 2.31. The van der Waals surface area contributed by atoms with Gasteiger partial charge in [0.25, 0.3) is 0 Å². The first kappa shape index (κ1) is 19.8. The summed E-state index contributed by atoms with van der Waals surface area (Å²) in [5.74, 6) is 0.936. The van der Waals surface area contributed by atoms with Crippen molar-refractivity contribution in [3.63, 3.8) is 0 Å². The molecule has 0 saturated carbocycles. The fourth-order valence-electron chi connectivity index (χ4n) is 3.25. The maximum absolute atomic E-state index is 11.5. The summed E-state index contributed by atoms with van der Waals surface area (Å²) < 4.78 is 6.29. The lowest BCUT2D eigenvalue weighted by Gasteiger charge is -2.21. The molecule has 148 valence electrons. The monoisotopic (exact) mass is 382 g/mol. The largest absolute Gasteiger partial charge is 0.490 e. The van der Waals surface area contributed by atoms with Crippen LogP contribution in [0, 0.1) is 5.92 Å². The highest BCUT2D eigenvalue weighted by Gasteiger charge is 2.28. The van der Waals surface area contributed by atoms with Crippen LogP contribution in [0.5, 0.6) is 5.75 Å². The van der Waals surface area contributed by atoms with Crippen molar-refractivity contribution in [2.45, 2.75) is 19.4 Å². The Labute approximate surface area is 164 Å². The van der Waals surface area contributed by atoms with E-state index < -0.39 is 0 Å². The van der Waals surface area contributed by atoms with Crippen molar-refractivity contribution < 1.29 is 14.6 Å². The maximum Gasteiger partial charge on any atom is 0.220 e. The standard InChI is InChI=1S/C21H26N4O3/c1-14(16-10-21(27)25-13-16)28-20-9-15(8-19-18(20)4-3-5-24-19)17(11-22-2)12-23-6-7-26/h3-5,8-9,11-12,14,16,23,26H,6-7,10,13H2,1-2H3,(H,25,27)/b17-12+,22-11?/t14-,16-/m1/s1. The number of aliphatic hydroxyl groups excluding tert-OH is 1. The predicted octanol–water partition coefficient (Wildman–Crippen LogP) is 1.76. The lowest BCUT2D eigenvalue weighted by atomic mass is 10.0. The molecule has 3 rings (SSSR count). The molecular formula is C21H26N4O3. The summed E-state index contributed by atoms with van der Waals surface area (Å²) in [4.78, 5) is 20.1. The van der Waals surface area contributed by atoms with E-state index in [1.165, 1.54) is 0 Å². The Morgan fingerprint density at radius 3 is 3.11 bits per heavy atom. The van der Waals surface area contributed by atoms with Gasteiger partial charge in [0.1, 0.15) is 11.9 Å². The molecule has 1 aliphatic heterocycles. The zero-order chi connectivity index (χ0) is 19.9. The van der Waals surface area contributed by atoms with Crippen LogP contribution in [-0.2, 0) is 4.79 Å². The van der Waals surface area contributed by atoms with E-state index >= 15 is 0 Å². The van der Waals surface area contributed by atoms with E-state index in [9.17, 15) is 4.79 Å². The van der Waals surface area contributed by atoms with Crippen LogP contribution in [-0.4, -0.2) is 55.1 Å². The molecule has 2 heterocycles. The van der Waals surface area contributed by atoms with Gasteiger partial charge in [0.15, 0.2) is 0 Å². The van der Waals surface area contributed by atoms with Crippen LogP contribution >= 0.6 is 0 Å². The number of aliphatic imine (C=N–C) groups is 1. The highest BCUT2D eigenvalue weighted by atomic mass is 16.5. The van der Waals surface area contributed by atoms with Crippen molar-refractivity contribution in [2.75, 3.05) is 26.7 Å². The third-order valence-electron chi connectivity index (χ3n) is 4.78. The van der Waals surface area contributed by atoms with Gasteiger partial charge in [0.05, 0.1) is 12.1 Å². The molecule has 28 heavy (non-hydrogen) atoms. The van der Waals surface area contributed by atoms with E-state index in [4.69, 9.17) is 9.84 Å². The third kappa shape index (κ3) is 4.67. The number of aliphatic hydroxyl groups is 1. The Kier molecular flexibility index (Phi) is 6.60. The fraction of sp³-hybridized carbons (Fsp3) is 0.381. The molecule has 3 N–H and O–H groups in total. The quantitative estimate of drug-likeness (QED) is 0.478. The molecule has 1 saturated heterocycles. The van der Waals surface area contributed by atoms with E-state index in [2.05, 4.69) is 20.6 Å². The molecule has 1 fully saturated rings. The Balaban J connectivity index is 1.96. The van der Waals surface area contributed by atoms with Gasteiger partial charge < -0.3 is 20.5 Å². The molecule has 1 amide bonds.